The van der Waals surface area contributed by atoms with Crippen molar-refractivity contribution in [2.75, 3.05) is 11.5 Å². The minimum absolute atomic E-state index is 0.165. The van der Waals surface area contributed by atoms with Crippen LogP contribution in [0.2, 0.25) is 0 Å². The minimum atomic E-state index is -3.27. The molecule has 0 aliphatic heterocycles. The molecule has 0 saturated heterocycles. The Labute approximate surface area is 71.7 Å². The van der Waals surface area contributed by atoms with Gasteiger partial charge < -0.3 is 0 Å². The van der Waals surface area contributed by atoms with E-state index < -0.39 is 15.6 Å². The van der Waals surface area contributed by atoms with Gasteiger partial charge in [0.2, 0.25) is 0 Å². The first kappa shape index (κ1) is 10.7. The van der Waals surface area contributed by atoms with Gasteiger partial charge in [0.05, 0.1) is 5.75 Å². The SMILES string of the molecule is CC(=O)CS(=O)(=O)CC(C)=S. The Kier molecular flexibility index (Phi) is 3.82. The van der Waals surface area contributed by atoms with E-state index in [4.69, 9.17) is 0 Å². The largest absolute Gasteiger partial charge is 0.299 e. The van der Waals surface area contributed by atoms with Crippen molar-refractivity contribution in [3.8, 4) is 0 Å². The Morgan fingerprint density at radius 1 is 1.27 bits per heavy atom. The van der Waals surface area contributed by atoms with E-state index in [0.29, 0.717) is 4.86 Å². The molecule has 5 heteroatoms. The van der Waals surface area contributed by atoms with Gasteiger partial charge in [0, 0.05) is 4.86 Å². The van der Waals surface area contributed by atoms with E-state index in [1.54, 1.807) is 6.92 Å². The van der Waals surface area contributed by atoms with Gasteiger partial charge >= 0.3 is 0 Å². The van der Waals surface area contributed by atoms with Crippen molar-refractivity contribution in [1.29, 1.82) is 0 Å². The number of rotatable bonds is 4. The van der Waals surface area contributed by atoms with Gasteiger partial charge in [-0.15, -0.1) is 0 Å². The fraction of sp³-hybridized carbons (Fsp3) is 0.667. The van der Waals surface area contributed by atoms with Crippen molar-refractivity contribution >= 4 is 32.7 Å². The molecule has 0 atom stereocenters. The highest BCUT2D eigenvalue weighted by atomic mass is 32.2. The van der Waals surface area contributed by atoms with Gasteiger partial charge in [-0.3, -0.25) is 4.79 Å². The maximum absolute atomic E-state index is 10.9. The van der Waals surface area contributed by atoms with Crippen LogP contribution >= 0.6 is 12.2 Å². The number of carbonyl (C=O) groups excluding carboxylic acids is 1. The molecule has 64 valence electrons. The average molecular weight is 194 g/mol. The van der Waals surface area contributed by atoms with Crippen LogP contribution < -0.4 is 0 Å². The van der Waals surface area contributed by atoms with E-state index in [1.165, 1.54) is 6.92 Å². The highest BCUT2D eigenvalue weighted by Crippen LogP contribution is 1.92. The van der Waals surface area contributed by atoms with Crippen LogP contribution in [0.15, 0.2) is 0 Å². The third-order valence-electron chi connectivity index (χ3n) is 0.846. The van der Waals surface area contributed by atoms with Gasteiger partial charge in [-0.2, -0.15) is 0 Å². The molecule has 0 N–H and O–H groups in total. The zero-order valence-electron chi connectivity index (χ0n) is 6.46. The van der Waals surface area contributed by atoms with Gasteiger partial charge in [-0.1, -0.05) is 12.2 Å². The highest BCUT2D eigenvalue weighted by molar-refractivity contribution is 7.94. The summed E-state index contributed by atoms with van der Waals surface area (Å²) in [6, 6.07) is 0. The predicted octanol–water partition coefficient (Wildman–Crippen LogP) is 0.380. The van der Waals surface area contributed by atoms with Crippen LogP contribution in [0.1, 0.15) is 13.8 Å². The Morgan fingerprint density at radius 3 is 2.00 bits per heavy atom. The normalized spacial score (nSPS) is 11.1. The van der Waals surface area contributed by atoms with Gasteiger partial charge in [0.25, 0.3) is 0 Å². The Hall–Kier alpha value is -0.290. The van der Waals surface area contributed by atoms with Crippen molar-refractivity contribution in [2.24, 2.45) is 0 Å². The van der Waals surface area contributed by atoms with E-state index in [9.17, 15) is 13.2 Å². The van der Waals surface area contributed by atoms with Crippen molar-refractivity contribution in [1.82, 2.24) is 0 Å². The molecular formula is C6H10O3S2. The first-order valence-electron chi connectivity index (χ1n) is 3.03. The smallest absolute Gasteiger partial charge is 0.162 e. The van der Waals surface area contributed by atoms with Crippen LogP contribution in [-0.4, -0.2) is 30.6 Å². The van der Waals surface area contributed by atoms with Crippen molar-refractivity contribution in [3.63, 3.8) is 0 Å². The topological polar surface area (TPSA) is 51.2 Å². The molecule has 0 unspecified atom stereocenters. The van der Waals surface area contributed by atoms with Gasteiger partial charge in [-0.05, 0) is 13.8 Å². The Morgan fingerprint density at radius 2 is 1.73 bits per heavy atom. The second kappa shape index (κ2) is 3.92. The lowest BCUT2D eigenvalue weighted by atomic mass is 10.5. The summed E-state index contributed by atoms with van der Waals surface area (Å²) in [6.45, 7) is 2.79. The molecule has 0 rings (SSSR count). The summed E-state index contributed by atoms with van der Waals surface area (Å²) in [5, 5.41) is 0. The molecule has 0 bridgehead atoms. The molecule has 0 heterocycles. The number of hydrogen-bond acceptors (Lipinski definition) is 4. The Bertz CT molecular complexity index is 242. The van der Waals surface area contributed by atoms with E-state index in [1.807, 2.05) is 0 Å². The summed E-state index contributed by atoms with van der Waals surface area (Å²) < 4.78 is 21.9. The molecule has 3 nitrogen and oxygen atoms in total. The Balaban J connectivity index is 4.25. The van der Waals surface area contributed by atoms with Crippen LogP contribution in [0.3, 0.4) is 0 Å². The summed E-state index contributed by atoms with van der Waals surface area (Å²) in [5.41, 5.74) is 0. The van der Waals surface area contributed by atoms with Crippen LogP contribution in [0.5, 0.6) is 0 Å². The molecule has 0 radical (unpaired) electrons. The van der Waals surface area contributed by atoms with Crippen LogP contribution in [-0.2, 0) is 14.6 Å². The highest BCUT2D eigenvalue weighted by Gasteiger charge is 2.13. The molecule has 0 aliphatic carbocycles. The fourth-order valence-electron chi connectivity index (χ4n) is 0.670. The molecular weight excluding hydrogens is 184 g/mol. The number of sulfone groups is 1. The van der Waals surface area contributed by atoms with Crippen molar-refractivity contribution < 1.29 is 13.2 Å². The van der Waals surface area contributed by atoms with E-state index >= 15 is 0 Å². The molecule has 0 spiro atoms. The summed E-state index contributed by atoms with van der Waals surface area (Å²) in [4.78, 5) is 10.8. The molecule has 0 aromatic rings. The number of carbonyl (C=O) groups is 1. The summed E-state index contributed by atoms with van der Waals surface area (Å²) in [6.07, 6.45) is 0. The van der Waals surface area contributed by atoms with E-state index in [-0.39, 0.29) is 11.5 Å². The predicted molar refractivity (Wildman–Crippen MR) is 47.6 cm³/mol. The van der Waals surface area contributed by atoms with E-state index in [0.717, 1.165) is 0 Å². The zero-order chi connectivity index (χ0) is 9.07. The quantitative estimate of drug-likeness (QED) is 0.607. The second-order valence-electron chi connectivity index (χ2n) is 2.44. The van der Waals surface area contributed by atoms with Crippen LogP contribution in [0.4, 0.5) is 0 Å². The lowest BCUT2D eigenvalue weighted by Crippen LogP contribution is -2.19. The average Bonchev–Trinajstić information content (AvgIpc) is 1.53. The van der Waals surface area contributed by atoms with E-state index in [2.05, 4.69) is 12.2 Å². The molecule has 0 amide bonds. The molecule has 0 aliphatic rings. The fourth-order valence-corrected chi connectivity index (χ4v) is 2.55. The second-order valence-corrected chi connectivity index (χ2v) is 5.20. The zero-order valence-corrected chi connectivity index (χ0v) is 8.09. The lowest BCUT2D eigenvalue weighted by Gasteiger charge is -1.98. The van der Waals surface area contributed by atoms with Gasteiger partial charge in [-0.25, -0.2) is 8.42 Å². The first-order chi connectivity index (χ1) is 4.83. The summed E-state index contributed by atoms with van der Waals surface area (Å²) >= 11 is 4.61. The maximum Gasteiger partial charge on any atom is 0.162 e. The van der Waals surface area contributed by atoms with Crippen molar-refractivity contribution in [3.05, 3.63) is 0 Å². The van der Waals surface area contributed by atoms with Crippen molar-refractivity contribution in [2.45, 2.75) is 13.8 Å². The molecule has 0 saturated carbocycles. The number of Topliss-reactive ketones (excluding diaryl/α,β-unsaturated/α-hetero) is 1. The maximum atomic E-state index is 10.9. The van der Waals surface area contributed by atoms with Gasteiger partial charge in [0.1, 0.15) is 11.5 Å². The lowest BCUT2D eigenvalue weighted by molar-refractivity contribution is -0.114. The summed E-state index contributed by atoms with van der Waals surface area (Å²) in [5.74, 6) is -0.913. The molecule has 0 aromatic carbocycles. The van der Waals surface area contributed by atoms with Crippen LogP contribution in [0.25, 0.3) is 0 Å². The first-order valence-corrected chi connectivity index (χ1v) is 5.26. The minimum Gasteiger partial charge on any atom is -0.299 e. The third kappa shape index (κ3) is 6.12. The summed E-state index contributed by atoms with van der Waals surface area (Å²) in [7, 11) is -3.27. The molecule has 0 aromatic heterocycles. The number of hydrogen-bond donors (Lipinski definition) is 0. The number of thiocarbonyl (C=S) groups is 1. The monoisotopic (exact) mass is 194 g/mol. The van der Waals surface area contributed by atoms with Gasteiger partial charge in [0.15, 0.2) is 9.84 Å². The molecule has 11 heavy (non-hydrogen) atoms. The third-order valence-corrected chi connectivity index (χ3v) is 2.89. The van der Waals surface area contributed by atoms with Crippen LogP contribution in [0, 0.1) is 0 Å². The molecule has 0 fully saturated rings. The number of ketones is 1. The standard InChI is InChI=1S/C6H10O3S2/c1-5(7)3-11(8,9)4-6(2)10/h3-4H2,1-2H3.